The van der Waals surface area contributed by atoms with Gasteiger partial charge in [-0.2, -0.15) is 0 Å². The van der Waals surface area contributed by atoms with Crippen molar-refractivity contribution in [2.75, 3.05) is 78.6 Å². The zero-order valence-corrected chi connectivity index (χ0v) is 25.3. The number of furan rings is 1. The van der Waals surface area contributed by atoms with Gasteiger partial charge in [-0.3, -0.25) is 9.69 Å². The van der Waals surface area contributed by atoms with Crippen LogP contribution in [0.15, 0.2) is 65.3 Å². The second kappa shape index (κ2) is 16.4. The Labute approximate surface area is 253 Å². The largest absolute Gasteiger partial charge is 0.494 e. The summed E-state index contributed by atoms with van der Waals surface area (Å²) in [5.74, 6) is 2.48. The number of urea groups is 1. The first-order valence-corrected chi connectivity index (χ1v) is 14.6. The average Bonchev–Trinajstić information content (AvgIpc) is 3.55. The third kappa shape index (κ3) is 9.65. The number of amides is 3. The Morgan fingerprint density at radius 2 is 1.72 bits per heavy atom. The molecule has 0 unspecified atom stereocenters. The van der Waals surface area contributed by atoms with Crippen LogP contribution in [-0.2, 0) is 22.5 Å². The van der Waals surface area contributed by atoms with E-state index in [4.69, 9.17) is 23.4 Å². The van der Waals surface area contributed by atoms with E-state index >= 15 is 0 Å². The monoisotopic (exact) mass is 594 g/mol. The molecule has 43 heavy (non-hydrogen) atoms. The summed E-state index contributed by atoms with van der Waals surface area (Å²) in [6, 6.07) is 16.2. The van der Waals surface area contributed by atoms with Crippen LogP contribution in [0.3, 0.4) is 0 Å². The summed E-state index contributed by atoms with van der Waals surface area (Å²) in [6.07, 6.45) is 2.17. The van der Waals surface area contributed by atoms with E-state index in [9.17, 15) is 9.59 Å². The number of morpholine rings is 1. The second-order valence-corrected chi connectivity index (χ2v) is 10.1. The fourth-order valence-corrected chi connectivity index (χ4v) is 4.79. The summed E-state index contributed by atoms with van der Waals surface area (Å²) in [6.45, 7) is 7.02. The maximum absolute atomic E-state index is 13.8. The van der Waals surface area contributed by atoms with Gasteiger partial charge in [0.25, 0.3) is 0 Å². The van der Waals surface area contributed by atoms with Crippen LogP contribution in [0, 0.1) is 0 Å². The zero-order chi connectivity index (χ0) is 30.4. The van der Waals surface area contributed by atoms with Crippen molar-refractivity contribution in [3.05, 3.63) is 72.2 Å². The number of hydrogen-bond donors (Lipinski definition) is 1. The number of ether oxygens (including phenoxy) is 4. The summed E-state index contributed by atoms with van der Waals surface area (Å²) < 4.78 is 27.3. The summed E-state index contributed by atoms with van der Waals surface area (Å²) in [5.41, 5.74) is 1.62. The molecule has 0 aliphatic carbocycles. The summed E-state index contributed by atoms with van der Waals surface area (Å²) in [5, 5.41) is 2.94. The van der Waals surface area contributed by atoms with E-state index in [1.807, 2.05) is 43.3 Å². The van der Waals surface area contributed by atoms with Crippen LogP contribution in [0.1, 0.15) is 18.2 Å². The fourth-order valence-electron chi connectivity index (χ4n) is 4.79. The fraction of sp³-hybridized carbons (Fsp3) is 0.438. The lowest BCUT2D eigenvalue weighted by atomic mass is 10.1. The number of benzene rings is 2. The van der Waals surface area contributed by atoms with Crippen molar-refractivity contribution in [3.8, 4) is 17.2 Å². The van der Waals surface area contributed by atoms with Crippen molar-refractivity contribution < 1.29 is 33.0 Å². The van der Waals surface area contributed by atoms with Gasteiger partial charge in [-0.15, -0.1) is 0 Å². The van der Waals surface area contributed by atoms with E-state index in [1.54, 1.807) is 48.5 Å². The maximum Gasteiger partial charge on any atom is 0.322 e. The van der Waals surface area contributed by atoms with Gasteiger partial charge in [0.1, 0.15) is 18.1 Å². The highest BCUT2D eigenvalue weighted by molar-refractivity contribution is 5.92. The van der Waals surface area contributed by atoms with E-state index < -0.39 is 0 Å². The highest BCUT2D eigenvalue weighted by Gasteiger charge is 2.24. The maximum atomic E-state index is 13.8. The lowest BCUT2D eigenvalue weighted by molar-refractivity contribution is -0.132. The second-order valence-electron chi connectivity index (χ2n) is 10.1. The third-order valence-electron chi connectivity index (χ3n) is 7.22. The van der Waals surface area contributed by atoms with E-state index in [2.05, 4.69) is 10.2 Å². The quantitative estimate of drug-likeness (QED) is 0.280. The number of carbonyl (C=O) groups is 2. The van der Waals surface area contributed by atoms with Crippen LogP contribution in [0.5, 0.6) is 17.2 Å². The van der Waals surface area contributed by atoms with Gasteiger partial charge in [-0.25, -0.2) is 4.79 Å². The van der Waals surface area contributed by atoms with Gasteiger partial charge in [0, 0.05) is 38.4 Å². The number of anilines is 1. The molecular formula is C32H42N4O7. The number of nitrogens with zero attached hydrogens (tertiary/aromatic N) is 3. The minimum absolute atomic E-state index is 0.0835. The number of nitrogens with one attached hydrogen (secondary N) is 1. The van der Waals surface area contributed by atoms with E-state index in [0.717, 1.165) is 24.4 Å². The normalized spacial score (nSPS) is 13.3. The molecule has 3 amide bonds. The first kappa shape index (κ1) is 31.7. The summed E-state index contributed by atoms with van der Waals surface area (Å²) >= 11 is 0. The van der Waals surface area contributed by atoms with Gasteiger partial charge in [-0.1, -0.05) is 6.07 Å². The molecule has 1 aliphatic rings. The number of hydrogen-bond acceptors (Lipinski definition) is 8. The van der Waals surface area contributed by atoms with Crippen LogP contribution in [0.25, 0.3) is 0 Å². The highest BCUT2D eigenvalue weighted by atomic mass is 16.5. The van der Waals surface area contributed by atoms with E-state index in [-0.39, 0.29) is 25.0 Å². The number of carbonyl (C=O) groups excluding carboxylic acids is 2. The van der Waals surface area contributed by atoms with Gasteiger partial charge in [-0.05, 0) is 67.4 Å². The van der Waals surface area contributed by atoms with Crippen LogP contribution < -0.4 is 19.5 Å². The smallest absolute Gasteiger partial charge is 0.322 e. The van der Waals surface area contributed by atoms with Crippen LogP contribution in [-0.4, -0.2) is 99.9 Å². The molecule has 2 aromatic carbocycles. The summed E-state index contributed by atoms with van der Waals surface area (Å²) in [7, 11) is 3.19. The van der Waals surface area contributed by atoms with Gasteiger partial charge >= 0.3 is 6.03 Å². The molecule has 2 heterocycles. The standard InChI is InChI=1S/C32H42N4O7/c1-4-42-27-10-8-26(9-11-27)33-32(38)36(16-15-34-17-20-41-21-18-34)24-31(37)35(23-28-6-5-19-43-28)14-13-25-7-12-29(39-2)30(22-25)40-3/h5-12,19,22H,4,13-18,20-21,23-24H2,1-3H3,(H,33,38). The van der Waals surface area contributed by atoms with Crippen LogP contribution >= 0.6 is 0 Å². The minimum Gasteiger partial charge on any atom is -0.494 e. The van der Waals surface area contributed by atoms with E-state index in [0.29, 0.717) is 68.8 Å². The molecule has 232 valence electrons. The average molecular weight is 595 g/mol. The van der Waals surface area contributed by atoms with Gasteiger partial charge < -0.3 is 38.5 Å². The highest BCUT2D eigenvalue weighted by Crippen LogP contribution is 2.28. The molecule has 1 N–H and O–H groups in total. The van der Waals surface area contributed by atoms with Crippen molar-refractivity contribution in [1.29, 1.82) is 0 Å². The first-order chi connectivity index (χ1) is 21.0. The van der Waals surface area contributed by atoms with Crippen molar-refractivity contribution in [2.45, 2.75) is 19.9 Å². The van der Waals surface area contributed by atoms with Crippen molar-refractivity contribution in [3.63, 3.8) is 0 Å². The molecule has 11 nitrogen and oxygen atoms in total. The molecule has 0 bridgehead atoms. The Bertz CT molecular complexity index is 1280. The van der Waals surface area contributed by atoms with Crippen molar-refractivity contribution >= 4 is 17.6 Å². The molecule has 11 heteroatoms. The molecule has 3 aromatic rings. The number of rotatable bonds is 15. The van der Waals surface area contributed by atoms with Crippen LogP contribution in [0.2, 0.25) is 0 Å². The molecule has 0 saturated carbocycles. The molecule has 4 rings (SSSR count). The topological polar surface area (TPSA) is 106 Å². The lowest BCUT2D eigenvalue weighted by Crippen LogP contribution is -2.48. The van der Waals surface area contributed by atoms with Crippen molar-refractivity contribution in [2.24, 2.45) is 0 Å². The Kier molecular flexibility index (Phi) is 12.1. The lowest BCUT2D eigenvalue weighted by Gasteiger charge is -2.31. The Balaban J connectivity index is 1.47. The van der Waals surface area contributed by atoms with Gasteiger partial charge in [0.05, 0.1) is 46.8 Å². The number of methoxy groups -OCH3 is 2. The van der Waals surface area contributed by atoms with Crippen molar-refractivity contribution in [1.82, 2.24) is 14.7 Å². The van der Waals surface area contributed by atoms with Gasteiger partial charge in [0.15, 0.2) is 11.5 Å². The molecule has 0 radical (unpaired) electrons. The minimum atomic E-state index is -0.344. The van der Waals surface area contributed by atoms with Gasteiger partial charge in [0.2, 0.25) is 5.91 Å². The van der Waals surface area contributed by atoms with Crippen LogP contribution in [0.4, 0.5) is 10.5 Å². The molecule has 1 fully saturated rings. The molecule has 1 aliphatic heterocycles. The SMILES string of the molecule is CCOc1ccc(NC(=O)N(CCN2CCOCC2)CC(=O)N(CCc2ccc(OC)c(OC)c2)Cc2ccco2)cc1. The van der Waals surface area contributed by atoms with E-state index in [1.165, 1.54) is 0 Å². The summed E-state index contributed by atoms with van der Waals surface area (Å²) in [4.78, 5) is 32.9. The third-order valence-corrected chi connectivity index (χ3v) is 7.22. The molecule has 1 aromatic heterocycles. The Morgan fingerprint density at radius 1 is 0.953 bits per heavy atom. The predicted molar refractivity (Wildman–Crippen MR) is 163 cm³/mol. The molecular weight excluding hydrogens is 552 g/mol. The Hall–Kier alpha value is -4.22. The predicted octanol–water partition coefficient (Wildman–Crippen LogP) is 4.13. The molecule has 1 saturated heterocycles. The molecule has 0 atom stereocenters. The Morgan fingerprint density at radius 3 is 2.40 bits per heavy atom. The first-order valence-electron chi connectivity index (χ1n) is 14.6. The molecule has 0 spiro atoms. The zero-order valence-electron chi connectivity index (χ0n) is 25.3.